The normalized spacial score (nSPS) is 51.3. The van der Waals surface area contributed by atoms with Gasteiger partial charge in [-0.05, 0) is 61.0 Å². The van der Waals surface area contributed by atoms with Crippen LogP contribution >= 0.6 is 0 Å². The van der Waals surface area contributed by atoms with Crippen molar-refractivity contribution in [3.8, 4) is 0 Å². The number of aliphatic hydroxyl groups excluding tert-OH is 2. The molecule has 0 radical (unpaired) electrons. The number of rotatable bonds is 2. The quantitative estimate of drug-likeness (QED) is 0.781. The van der Waals surface area contributed by atoms with E-state index >= 15 is 0 Å². The molecule has 4 aliphatic rings. The Morgan fingerprint density at radius 3 is 2.67 bits per heavy atom. The van der Waals surface area contributed by atoms with Gasteiger partial charge in [0.05, 0.1) is 6.10 Å². The monoisotopic (exact) mass is 372 g/mol. The maximum atomic E-state index is 12.8. The number of ketones is 2. The van der Waals surface area contributed by atoms with Crippen LogP contribution in [0.2, 0.25) is 0 Å². The van der Waals surface area contributed by atoms with E-state index in [4.69, 9.17) is 0 Å². The summed E-state index contributed by atoms with van der Waals surface area (Å²) in [4.78, 5) is 24.7. The number of hydrogen-bond acceptors (Lipinski definition) is 4. The van der Waals surface area contributed by atoms with Crippen molar-refractivity contribution in [2.24, 2.45) is 39.9 Å². The van der Waals surface area contributed by atoms with Crippen LogP contribution in [0.4, 0.5) is 0 Å². The van der Waals surface area contributed by atoms with E-state index in [1.807, 2.05) is 13.0 Å². The van der Waals surface area contributed by atoms with E-state index in [9.17, 15) is 19.8 Å². The molecule has 0 saturated heterocycles. The van der Waals surface area contributed by atoms with Crippen LogP contribution in [0, 0.1) is 39.9 Å². The first-order valence-corrected chi connectivity index (χ1v) is 10.4. The number of hydrogen-bond donors (Lipinski definition) is 2. The lowest BCUT2D eigenvalue weighted by molar-refractivity contribution is -0.158. The van der Waals surface area contributed by atoms with Gasteiger partial charge in [-0.15, -0.1) is 0 Å². The number of fused-ring (bicyclic) bond motifs is 5. The Morgan fingerprint density at radius 2 is 2.00 bits per heavy atom. The highest BCUT2D eigenvalue weighted by molar-refractivity contribution is 6.01. The molecule has 148 valence electrons. The molecule has 4 aliphatic carbocycles. The van der Waals surface area contributed by atoms with Crippen molar-refractivity contribution in [2.45, 2.75) is 59.5 Å². The Bertz CT molecular complexity index is 751. The Hall–Kier alpha value is -1.26. The van der Waals surface area contributed by atoms with Gasteiger partial charge in [0.15, 0.2) is 11.6 Å². The zero-order chi connectivity index (χ0) is 19.8. The fraction of sp³-hybridized carbons (Fsp3) is 0.739. The molecule has 0 aliphatic heterocycles. The smallest absolute Gasteiger partial charge is 0.178 e. The highest BCUT2D eigenvalue weighted by Gasteiger charge is 2.68. The Morgan fingerprint density at radius 1 is 1.30 bits per heavy atom. The minimum atomic E-state index is -0.603. The van der Waals surface area contributed by atoms with Crippen molar-refractivity contribution in [1.29, 1.82) is 0 Å². The third-order valence-corrected chi connectivity index (χ3v) is 9.39. The van der Waals surface area contributed by atoms with Crippen LogP contribution in [0.25, 0.3) is 0 Å². The molecule has 2 N–H and O–H groups in total. The SMILES string of the molecule is CC1C[C@H]2[C@@H]3CCC4=CC(=O)C=C[C@]4(C)[C@H]3[C@@H](O)C[C@]2(C)[C@@]1(C)C(=O)CO. The maximum absolute atomic E-state index is 12.8. The largest absolute Gasteiger partial charge is 0.393 e. The fourth-order valence-electron chi connectivity index (χ4n) is 7.64. The van der Waals surface area contributed by atoms with Crippen molar-refractivity contribution in [2.75, 3.05) is 6.61 Å². The van der Waals surface area contributed by atoms with Gasteiger partial charge in [-0.3, -0.25) is 9.59 Å². The molecule has 0 heterocycles. The molecule has 0 bridgehead atoms. The van der Waals surface area contributed by atoms with Crippen molar-refractivity contribution in [1.82, 2.24) is 0 Å². The summed E-state index contributed by atoms with van der Waals surface area (Å²) < 4.78 is 0. The summed E-state index contributed by atoms with van der Waals surface area (Å²) in [5.41, 5.74) is -0.0354. The molecule has 0 aromatic rings. The first kappa shape index (κ1) is 19.1. The fourth-order valence-corrected chi connectivity index (χ4v) is 7.64. The standard InChI is InChI=1S/C23H32O4/c1-13-9-17-16-6-5-14-10-15(25)7-8-21(14,2)20(16)18(26)11-22(17,3)23(13,4)19(27)12-24/h7-8,10,13,16-18,20,24,26H,5-6,9,11-12H2,1-4H3/t13?,16-,17-,18-,20+,21-,22-,23+/m0/s1. The van der Waals surface area contributed by atoms with Crippen LogP contribution in [0.1, 0.15) is 53.4 Å². The Balaban J connectivity index is 1.78. The van der Waals surface area contributed by atoms with Gasteiger partial charge in [-0.1, -0.05) is 39.3 Å². The van der Waals surface area contributed by atoms with E-state index in [0.717, 1.165) is 24.8 Å². The lowest BCUT2D eigenvalue weighted by atomic mass is 9.44. The van der Waals surface area contributed by atoms with Crippen molar-refractivity contribution in [3.63, 3.8) is 0 Å². The third-order valence-electron chi connectivity index (χ3n) is 9.39. The second-order valence-corrected chi connectivity index (χ2v) is 10.1. The molecule has 3 saturated carbocycles. The Labute approximate surface area is 161 Å². The first-order valence-electron chi connectivity index (χ1n) is 10.4. The molecular weight excluding hydrogens is 340 g/mol. The van der Waals surface area contributed by atoms with Crippen LogP contribution in [0.3, 0.4) is 0 Å². The summed E-state index contributed by atoms with van der Waals surface area (Å²) >= 11 is 0. The van der Waals surface area contributed by atoms with Crippen LogP contribution in [0.15, 0.2) is 23.8 Å². The van der Waals surface area contributed by atoms with E-state index in [1.54, 1.807) is 12.2 Å². The number of Topliss-reactive ketones (excluding diaryl/α,β-unsaturated/α-hetero) is 1. The van der Waals surface area contributed by atoms with Crippen LogP contribution in [0.5, 0.6) is 0 Å². The van der Waals surface area contributed by atoms with E-state index in [2.05, 4.69) is 20.8 Å². The van der Waals surface area contributed by atoms with E-state index < -0.39 is 18.1 Å². The van der Waals surface area contributed by atoms with Crippen LogP contribution in [-0.2, 0) is 9.59 Å². The lowest BCUT2D eigenvalue weighted by Gasteiger charge is -2.60. The van der Waals surface area contributed by atoms with Crippen molar-refractivity contribution < 1.29 is 19.8 Å². The van der Waals surface area contributed by atoms with Crippen molar-refractivity contribution >= 4 is 11.6 Å². The molecule has 0 aromatic carbocycles. The van der Waals surface area contributed by atoms with Gasteiger partial charge in [0.2, 0.25) is 0 Å². The van der Waals surface area contributed by atoms with Gasteiger partial charge in [0.1, 0.15) is 6.61 Å². The summed E-state index contributed by atoms with van der Waals surface area (Å²) in [6.07, 6.45) is 8.31. The third kappa shape index (κ3) is 2.23. The summed E-state index contributed by atoms with van der Waals surface area (Å²) in [6.45, 7) is 8.05. The van der Waals surface area contributed by atoms with Crippen molar-refractivity contribution in [3.05, 3.63) is 23.8 Å². The predicted molar refractivity (Wildman–Crippen MR) is 103 cm³/mol. The minimum absolute atomic E-state index is 0.0478. The molecule has 0 spiro atoms. The Kier molecular flexibility index (Phi) is 4.15. The molecule has 0 amide bonds. The van der Waals surface area contributed by atoms with Crippen LogP contribution in [-0.4, -0.2) is 34.5 Å². The zero-order valence-electron chi connectivity index (χ0n) is 16.9. The molecule has 0 aromatic heterocycles. The number of allylic oxidation sites excluding steroid dienone is 4. The zero-order valence-corrected chi connectivity index (χ0v) is 16.9. The molecule has 27 heavy (non-hydrogen) atoms. The van der Waals surface area contributed by atoms with Gasteiger partial charge in [-0.25, -0.2) is 0 Å². The van der Waals surface area contributed by atoms with Gasteiger partial charge in [0.25, 0.3) is 0 Å². The second-order valence-electron chi connectivity index (χ2n) is 10.1. The van der Waals surface area contributed by atoms with Gasteiger partial charge < -0.3 is 10.2 Å². The number of carbonyl (C=O) groups excluding carboxylic acids is 2. The molecule has 1 unspecified atom stereocenters. The number of aliphatic hydroxyl groups is 2. The van der Waals surface area contributed by atoms with Crippen LogP contribution < -0.4 is 0 Å². The summed E-state index contributed by atoms with van der Waals surface area (Å²) in [6, 6.07) is 0. The maximum Gasteiger partial charge on any atom is 0.178 e. The van der Waals surface area contributed by atoms with Gasteiger partial charge in [-0.2, -0.15) is 0 Å². The molecular formula is C23H32O4. The molecule has 3 fully saturated rings. The lowest BCUT2D eigenvalue weighted by Crippen LogP contribution is -2.59. The molecule has 4 heteroatoms. The van der Waals surface area contributed by atoms with Gasteiger partial charge >= 0.3 is 0 Å². The second kappa shape index (κ2) is 5.87. The van der Waals surface area contributed by atoms with E-state index in [1.165, 1.54) is 0 Å². The molecule has 4 rings (SSSR count). The first-order chi connectivity index (χ1) is 12.6. The highest BCUT2D eigenvalue weighted by atomic mass is 16.3. The molecule has 4 nitrogen and oxygen atoms in total. The summed E-state index contributed by atoms with van der Waals surface area (Å²) in [7, 11) is 0. The summed E-state index contributed by atoms with van der Waals surface area (Å²) in [5.74, 6) is 0.911. The average Bonchev–Trinajstić information content (AvgIpc) is 2.82. The summed E-state index contributed by atoms with van der Waals surface area (Å²) in [5, 5.41) is 21.0. The highest BCUT2D eigenvalue weighted by Crippen LogP contribution is 2.70. The molecule has 8 atom stereocenters. The number of carbonyl (C=O) groups is 2. The predicted octanol–water partition coefficient (Wildman–Crippen LogP) is 3.08. The van der Waals surface area contributed by atoms with E-state index in [-0.39, 0.29) is 34.2 Å². The topological polar surface area (TPSA) is 74.6 Å². The van der Waals surface area contributed by atoms with E-state index in [0.29, 0.717) is 18.3 Å². The minimum Gasteiger partial charge on any atom is -0.393 e. The van der Waals surface area contributed by atoms with Gasteiger partial charge in [0, 0.05) is 16.7 Å². The average molecular weight is 373 g/mol.